The smallest absolute Gasteiger partial charge is 0.206 e. The van der Waals surface area contributed by atoms with Crippen LogP contribution in [0.25, 0.3) is 0 Å². The zero-order valence-corrected chi connectivity index (χ0v) is 11.3. The SMILES string of the molecule is CCSC1CCCC1N=C(NN)NC(C)C. The van der Waals surface area contributed by atoms with Gasteiger partial charge in [0.15, 0.2) is 0 Å². The van der Waals surface area contributed by atoms with Crippen LogP contribution in [0.15, 0.2) is 4.99 Å². The second kappa shape index (κ2) is 7.01. The Morgan fingerprint density at radius 1 is 1.50 bits per heavy atom. The molecule has 1 fully saturated rings. The fraction of sp³-hybridized carbons (Fsp3) is 0.909. The van der Waals surface area contributed by atoms with Crippen LogP contribution in [0.2, 0.25) is 0 Å². The zero-order chi connectivity index (χ0) is 12.0. The van der Waals surface area contributed by atoms with Crippen molar-refractivity contribution in [1.82, 2.24) is 10.7 Å². The summed E-state index contributed by atoms with van der Waals surface area (Å²) < 4.78 is 0. The molecule has 0 radical (unpaired) electrons. The maximum atomic E-state index is 5.47. The lowest BCUT2D eigenvalue weighted by Crippen LogP contribution is -2.45. The number of nitrogens with one attached hydrogen (secondary N) is 2. The van der Waals surface area contributed by atoms with E-state index in [2.05, 4.69) is 36.5 Å². The second-order valence-corrected chi connectivity index (χ2v) is 5.93. The van der Waals surface area contributed by atoms with Crippen molar-refractivity contribution >= 4 is 17.7 Å². The van der Waals surface area contributed by atoms with Crippen molar-refractivity contribution in [3.05, 3.63) is 0 Å². The summed E-state index contributed by atoms with van der Waals surface area (Å²) in [5.41, 5.74) is 2.65. The molecule has 5 heteroatoms. The normalized spacial score (nSPS) is 26.2. The molecule has 94 valence electrons. The Morgan fingerprint density at radius 3 is 2.81 bits per heavy atom. The minimum absolute atomic E-state index is 0.355. The molecule has 1 rings (SSSR count). The predicted molar refractivity (Wildman–Crippen MR) is 72.6 cm³/mol. The molecule has 4 N–H and O–H groups in total. The number of nitrogens with two attached hydrogens (primary N) is 1. The Labute approximate surface area is 103 Å². The lowest BCUT2D eigenvalue weighted by atomic mass is 10.3. The Kier molecular flexibility index (Phi) is 5.98. The number of aliphatic imine (C=N–C) groups is 1. The minimum atomic E-state index is 0.355. The lowest BCUT2D eigenvalue weighted by molar-refractivity contribution is 0.665. The molecule has 2 unspecified atom stereocenters. The van der Waals surface area contributed by atoms with E-state index in [1.54, 1.807) is 0 Å². The fourth-order valence-electron chi connectivity index (χ4n) is 2.02. The van der Waals surface area contributed by atoms with Gasteiger partial charge in [-0.15, -0.1) is 0 Å². The maximum Gasteiger partial charge on any atom is 0.206 e. The van der Waals surface area contributed by atoms with Crippen LogP contribution in [0.5, 0.6) is 0 Å². The molecule has 0 aliphatic heterocycles. The highest BCUT2D eigenvalue weighted by Gasteiger charge is 2.27. The number of hydrazine groups is 1. The molecular weight excluding hydrogens is 220 g/mol. The molecule has 0 spiro atoms. The van der Waals surface area contributed by atoms with Crippen molar-refractivity contribution in [2.24, 2.45) is 10.8 Å². The van der Waals surface area contributed by atoms with Crippen LogP contribution in [0.4, 0.5) is 0 Å². The first-order chi connectivity index (χ1) is 7.67. The van der Waals surface area contributed by atoms with Gasteiger partial charge in [-0.2, -0.15) is 11.8 Å². The zero-order valence-electron chi connectivity index (χ0n) is 10.5. The summed E-state index contributed by atoms with van der Waals surface area (Å²) in [5, 5.41) is 3.89. The molecule has 1 saturated carbocycles. The molecule has 0 bridgehead atoms. The molecule has 0 amide bonds. The first-order valence-electron chi connectivity index (χ1n) is 6.10. The molecule has 0 aromatic carbocycles. The number of hydrogen-bond donors (Lipinski definition) is 3. The van der Waals surface area contributed by atoms with Crippen molar-refractivity contribution in [2.75, 3.05) is 5.75 Å². The molecule has 0 saturated heterocycles. The Bertz CT molecular complexity index is 230. The van der Waals surface area contributed by atoms with Crippen molar-refractivity contribution < 1.29 is 0 Å². The average molecular weight is 244 g/mol. The van der Waals surface area contributed by atoms with Gasteiger partial charge in [-0.25, -0.2) is 10.8 Å². The van der Waals surface area contributed by atoms with Gasteiger partial charge >= 0.3 is 0 Å². The van der Waals surface area contributed by atoms with Crippen molar-refractivity contribution in [3.8, 4) is 0 Å². The topological polar surface area (TPSA) is 62.4 Å². The molecule has 0 aromatic rings. The van der Waals surface area contributed by atoms with Crippen molar-refractivity contribution in [2.45, 2.75) is 57.4 Å². The molecule has 0 aromatic heterocycles. The van der Waals surface area contributed by atoms with Gasteiger partial charge in [0.25, 0.3) is 0 Å². The number of hydrogen-bond acceptors (Lipinski definition) is 3. The van der Waals surface area contributed by atoms with E-state index in [0.29, 0.717) is 17.3 Å². The molecule has 1 aliphatic carbocycles. The fourth-order valence-corrected chi connectivity index (χ4v) is 3.20. The van der Waals surface area contributed by atoms with Crippen LogP contribution < -0.4 is 16.6 Å². The van der Waals surface area contributed by atoms with Gasteiger partial charge < -0.3 is 5.32 Å². The summed E-state index contributed by atoms with van der Waals surface area (Å²) in [5.74, 6) is 7.36. The average Bonchev–Trinajstić information content (AvgIpc) is 2.65. The maximum absolute atomic E-state index is 5.47. The van der Waals surface area contributed by atoms with E-state index in [-0.39, 0.29) is 0 Å². The molecule has 2 atom stereocenters. The van der Waals surface area contributed by atoms with E-state index in [9.17, 15) is 0 Å². The predicted octanol–water partition coefficient (Wildman–Crippen LogP) is 1.48. The second-order valence-electron chi connectivity index (χ2n) is 4.41. The number of nitrogens with zero attached hydrogens (tertiary/aromatic N) is 1. The van der Waals surface area contributed by atoms with Gasteiger partial charge in [-0.05, 0) is 32.4 Å². The van der Waals surface area contributed by atoms with Crippen LogP contribution in [0.1, 0.15) is 40.0 Å². The summed E-state index contributed by atoms with van der Waals surface area (Å²) in [6.07, 6.45) is 3.75. The highest BCUT2D eigenvalue weighted by atomic mass is 32.2. The van der Waals surface area contributed by atoms with Crippen LogP contribution in [-0.2, 0) is 0 Å². The summed E-state index contributed by atoms with van der Waals surface area (Å²) >= 11 is 2.01. The summed E-state index contributed by atoms with van der Waals surface area (Å²) in [6, 6.07) is 0.774. The highest BCUT2D eigenvalue weighted by molar-refractivity contribution is 7.99. The van der Waals surface area contributed by atoms with Gasteiger partial charge in [0.05, 0.1) is 6.04 Å². The van der Waals surface area contributed by atoms with Gasteiger partial charge in [0.1, 0.15) is 0 Å². The van der Waals surface area contributed by atoms with Gasteiger partial charge in [0, 0.05) is 11.3 Å². The van der Waals surface area contributed by atoms with Crippen LogP contribution in [-0.4, -0.2) is 29.0 Å². The van der Waals surface area contributed by atoms with E-state index in [0.717, 1.165) is 5.96 Å². The van der Waals surface area contributed by atoms with Crippen molar-refractivity contribution in [1.29, 1.82) is 0 Å². The molecule has 16 heavy (non-hydrogen) atoms. The van der Waals surface area contributed by atoms with E-state index < -0.39 is 0 Å². The third-order valence-corrected chi connectivity index (χ3v) is 3.97. The molecule has 0 heterocycles. The first kappa shape index (κ1) is 13.6. The van der Waals surface area contributed by atoms with Crippen LogP contribution in [0.3, 0.4) is 0 Å². The summed E-state index contributed by atoms with van der Waals surface area (Å²) in [6.45, 7) is 6.37. The third kappa shape index (κ3) is 4.22. The Hall–Kier alpha value is -0.420. The quantitative estimate of drug-likeness (QED) is 0.303. The monoisotopic (exact) mass is 244 g/mol. The highest BCUT2D eigenvalue weighted by Crippen LogP contribution is 2.31. The van der Waals surface area contributed by atoms with E-state index in [1.807, 2.05) is 11.8 Å². The van der Waals surface area contributed by atoms with Gasteiger partial charge in [-0.1, -0.05) is 13.3 Å². The molecule has 1 aliphatic rings. The minimum Gasteiger partial charge on any atom is -0.353 e. The largest absolute Gasteiger partial charge is 0.353 e. The van der Waals surface area contributed by atoms with E-state index in [1.165, 1.54) is 25.0 Å². The number of thioether (sulfide) groups is 1. The summed E-state index contributed by atoms with van der Waals surface area (Å²) in [7, 11) is 0. The van der Waals surface area contributed by atoms with E-state index in [4.69, 9.17) is 5.84 Å². The van der Waals surface area contributed by atoms with Gasteiger partial charge in [0.2, 0.25) is 5.96 Å². The van der Waals surface area contributed by atoms with Gasteiger partial charge in [-0.3, -0.25) is 5.43 Å². The molecule has 4 nitrogen and oxygen atoms in total. The molecular formula is C11H24N4S. The number of rotatable bonds is 4. The standard InChI is InChI=1S/C11H24N4S/c1-4-16-10-7-5-6-9(10)14-11(15-12)13-8(2)3/h8-10H,4-7,12H2,1-3H3,(H2,13,14,15). The lowest BCUT2D eigenvalue weighted by Gasteiger charge is -2.18. The first-order valence-corrected chi connectivity index (χ1v) is 7.14. The van der Waals surface area contributed by atoms with Crippen molar-refractivity contribution in [3.63, 3.8) is 0 Å². The third-order valence-electron chi connectivity index (χ3n) is 2.66. The Balaban J connectivity index is 2.56. The number of guanidine groups is 1. The van der Waals surface area contributed by atoms with Crippen LogP contribution >= 0.6 is 11.8 Å². The summed E-state index contributed by atoms with van der Waals surface area (Å²) in [4.78, 5) is 4.68. The van der Waals surface area contributed by atoms with Crippen LogP contribution in [0, 0.1) is 0 Å². The van der Waals surface area contributed by atoms with E-state index >= 15 is 0 Å². The Morgan fingerprint density at radius 2 is 2.25 bits per heavy atom.